The lowest BCUT2D eigenvalue weighted by molar-refractivity contribution is 0.679. The summed E-state index contributed by atoms with van der Waals surface area (Å²) in [5, 5.41) is 4.70. The van der Waals surface area contributed by atoms with Gasteiger partial charge < -0.3 is 0 Å². The van der Waals surface area contributed by atoms with Gasteiger partial charge >= 0.3 is 0 Å². The van der Waals surface area contributed by atoms with E-state index in [9.17, 15) is 0 Å². The number of hydrogen-bond donors (Lipinski definition) is 0. The maximum Gasteiger partial charge on any atom is 0.192 e. The molecule has 0 amide bonds. The lowest BCUT2D eigenvalue weighted by atomic mass is 10.1. The van der Waals surface area contributed by atoms with Crippen LogP contribution >= 0.6 is 0 Å². The number of aliphatic imine (C=N–C) groups is 2. The van der Waals surface area contributed by atoms with Gasteiger partial charge in [0.05, 0.1) is 30.3 Å². The van der Waals surface area contributed by atoms with Gasteiger partial charge in [-0.1, -0.05) is 66.7 Å². The van der Waals surface area contributed by atoms with E-state index >= 15 is 0 Å². The van der Waals surface area contributed by atoms with Gasteiger partial charge in [0.15, 0.2) is 11.6 Å². The van der Waals surface area contributed by atoms with E-state index in [0.29, 0.717) is 18.2 Å². The summed E-state index contributed by atoms with van der Waals surface area (Å²) in [6.45, 7) is 8.86. The third-order valence-corrected chi connectivity index (χ3v) is 5.39. The van der Waals surface area contributed by atoms with Crippen LogP contribution in [0.15, 0.2) is 76.7 Å². The van der Waals surface area contributed by atoms with E-state index in [1.807, 2.05) is 35.0 Å². The molecule has 0 aliphatic rings. The van der Waals surface area contributed by atoms with Crippen LogP contribution in [0.3, 0.4) is 0 Å². The summed E-state index contributed by atoms with van der Waals surface area (Å²) in [5.74, 6) is 1.26. The van der Waals surface area contributed by atoms with Crippen LogP contribution in [0.4, 0.5) is 11.4 Å². The number of benzene rings is 3. The molecule has 0 N–H and O–H groups in total. The van der Waals surface area contributed by atoms with Crippen molar-refractivity contribution in [3.8, 4) is 0 Å². The zero-order valence-corrected chi connectivity index (χ0v) is 18.9. The molecule has 1 heterocycles. The second-order valence-corrected chi connectivity index (χ2v) is 7.97. The van der Waals surface area contributed by atoms with Crippen molar-refractivity contribution < 1.29 is 0 Å². The topological polar surface area (TPSA) is 55.4 Å². The number of aromatic nitrogens is 3. The summed E-state index contributed by atoms with van der Waals surface area (Å²) in [7, 11) is 0. The molecule has 1 aromatic heterocycles. The molecule has 0 saturated carbocycles. The Kier molecular flexibility index (Phi) is 6.36. The Morgan fingerprint density at radius 3 is 1.78 bits per heavy atom. The molecule has 0 unspecified atom stereocenters. The van der Waals surface area contributed by atoms with Crippen LogP contribution in [0.2, 0.25) is 0 Å². The summed E-state index contributed by atoms with van der Waals surface area (Å²) >= 11 is 0. The van der Waals surface area contributed by atoms with E-state index in [0.717, 1.165) is 39.2 Å². The molecule has 0 aliphatic heterocycles. The van der Waals surface area contributed by atoms with Crippen LogP contribution in [0, 0.1) is 27.7 Å². The summed E-state index contributed by atoms with van der Waals surface area (Å²) in [5.41, 5.74) is 7.59. The molecule has 0 spiro atoms. The first-order chi connectivity index (χ1) is 15.5. The Balaban J connectivity index is 1.70. The van der Waals surface area contributed by atoms with E-state index in [4.69, 9.17) is 15.1 Å². The van der Waals surface area contributed by atoms with Gasteiger partial charge in [-0.25, -0.2) is 9.67 Å². The minimum atomic E-state index is 0.562. The summed E-state index contributed by atoms with van der Waals surface area (Å²) in [4.78, 5) is 14.1. The average molecular weight is 422 g/mol. The molecule has 3 aromatic carbocycles. The molecule has 4 rings (SSSR count). The van der Waals surface area contributed by atoms with E-state index in [-0.39, 0.29) is 0 Å². The summed E-state index contributed by atoms with van der Waals surface area (Å²) < 4.78 is 1.87. The van der Waals surface area contributed by atoms with Gasteiger partial charge in [0.25, 0.3) is 0 Å². The van der Waals surface area contributed by atoms with Crippen LogP contribution in [0.5, 0.6) is 0 Å². The quantitative estimate of drug-likeness (QED) is 0.355. The van der Waals surface area contributed by atoms with E-state index in [2.05, 4.69) is 69.1 Å². The largest absolute Gasteiger partial charge is 0.252 e. The molecule has 0 bridgehead atoms. The van der Waals surface area contributed by atoms with Gasteiger partial charge in [-0.05, 0) is 55.5 Å². The second kappa shape index (κ2) is 9.52. The third-order valence-electron chi connectivity index (χ3n) is 5.39. The number of rotatable bonds is 6. The number of nitrogens with zero attached hydrogens (tertiary/aromatic N) is 5. The van der Waals surface area contributed by atoms with Gasteiger partial charge in [-0.2, -0.15) is 0 Å². The minimum Gasteiger partial charge on any atom is -0.252 e. The fourth-order valence-electron chi connectivity index (χ4n) is 3.66. The third kappa shape index (κ3) is 4.89. The molecular weight excluding hydrogens is 394 g/mol. The van der Waals surface area contributed by atoms with Crippen molar-refractivity contribution >= 4 is 23.8 Å². The van der Waals surface area contributed by atoms with Crippen molar-refractivity contribution in [2.45, 2.75) is 34.2 Å². The molecular formula is C27H27N5. The fourth-order valence-corrected chi connectivity index (χ4v) is 3.66. The van der Waals surface area contributed by atoms with Crippen LogP contribution in [-0.4, -0.2) is 27.2 Å². The first kappa shape index (κ1) is 21.4. The SMILES string of the molecule is Cc1cccc(C)c1N=Cc1nc(C=Nc2c(C)cccc2C)n(Cc2ccccc2)n1. The van der Waals surface area contributed by atoms with Crippen molar-refractivity contribution in [2.75, 3.05) is 0 Å². The maximum atomic E-state index is 4.74. The van der Waals surface area contributed by atoms with Gasteiger partial charge in [0, 0.05) is 0 Å². The highest BCUT2D eigenvalue weighted by atomic mass is 15.3. The molecule has 0 saturated heterocycles. The van der Waals surface area contributed by atoms with E-state index in [1.165, 1.54) is 0 Å². The van der Waals surface area contributed by atoms with Crippen molar-refractivity contribution in [2.24, 2.45) is 9.98 Å². The van der Waals surface area contributed by atoms with Crippen LogP contribution in [-0.2, 0) is 6.54 Å². The predicted octanol–water partition coefficient (Wildman–Crippen LogP) is 6.06. The van der Waals surface area contributed by atoms with Crippen molar-refractivity contribution in [3.63, 3.8) is 0 Å². The Morgan fingerprint density at radius 1 is 0.688 bits per heavy atom. The van der Waals surface area contributed by atoms with Gasteiger partial charge in [-0.15, -0.1) is 5.10 Å². The van der Waals surface area contributed by atoms with Gasteiger partial charge in [0.2, 0.25) is 0 Å². The Bertz CT molecular complexity index is 1240. The van der Waals surface area contributed by atoms with E-state index in [1.54, 1.807) is 12.4 Å². The molecule has 160 valence electrons. The highest BCUT2D eigenvalue weighted by Gasteiger charge is 2.09. The molecule has 0 fully saturated rings. The number of aryl methyl sites for hydroxylation is 4. The van der Waals surface area contributed by atoms with Gasteiger partial charge in [-0.3, -0.25) is 9.98 Å². The van der Waals surface area contributed by atoms with Crippen molar-refractivity contribution in [3.05, 3.63) is 106 Å². The fraction of sp³-hybridized carbons (Fsp3) is 0.185. The van der Waals surface area contributed by atoms with E-state index < -0.39 is 0 Å². The smallest absolute Gasteiger partial charge is 0.192 e. The maximum absolute atomic E-state index is 4.74. The minimum absolute atomic E-state index is 0.562. The van der Waals surface area contributed by atoms with Crippen LogP contribution in [0.1, 0.15) is 39.5 Å². The normalized spacial score (nSPS) is 11.6. The zero-order chi connectivity index (χ0) is 22.5. The zero-order valence-electron chi connectivity index (χ0n) is 18.9. The molecule has 32 heavy (non-hydrogen) atoms. The summed E-state index contributed by atoms with van der Waals surface area (Å²) in [6, 6.07) is 22.6. The molecule has 0 atom stereocenters. The van der Waals surface area contributed by atoms with Gasteiger partial charge in [0.1, 0.15) is 0 Å². The average Bonchev–Trinajstić information content (AvgIpc) is 3.15. The molecule has 0 aliphatic carbocycles. The number of para-hydroxylation sites is 2. The highest BCUT2D eigenvalue weighted by molar-refractivity contribution is 5.83. The molecule has 0 radical (unpaired) electrons. The lowest BCUT2D eigenvalue weighted by Crippen LogP contribution is -2.06. The van der Waals surface area contributed by atoms with Crippen molar-refractivity contribution in [1.29, 1.82) is 0 Å². The summed E-state index contributed by atoms with van der Waals surface area (Å²) in [6.07, 6.45) is 3.52. The molecule has 5 heteroatoms. The predicted molar refractivity (Wildman–Crippen MR) is 132 cm³/mol. The Hall–Kier alpha value is -3.86. The monoisotopic (exact) mass is 421 g/mol. The standard InChI is InChI=1S/C27H27N5/c1-19-10-8-11-20(2)26(19)28-16-24-30-25(17-29-27-21(3)12-9-13-22(27)4)32(31-24)18-23-14-6-5-7-15-23/h5-17H,18H2,1-4H3. The number of hydrogen-bond acceptors (Lipinski definition) is 4. The van der Waals surface area contributed by atoms with Crippen LogP contribution < -0.4 is 0 Å². The Morgan fingerprint density at radius 2 is 1.22 bits per heavy atom. The first-order valence-corrected chi connectivity index (χ1v) is 10.7. The first-order valence-electron chi connectivity index (χ1n) is 10.7. The van der Waals surface area contributed by atoms with Crippen LogP contribution in [0.25, 0.3) is 0 Å². The molecule has 4 aromatic rings. The Labute approximate surface area is 189 Å². The highest BCUT2D eigenvalue weighted by Crippen LogP contribution is 2.24. The lowest BCUT2D eigenvalue weighted by Gasteiger charge is -2.05. The van der Waals surface area contributed by atoms with Crippen molar-refractivity contribution in [1.82, 2.24) is 14.8 Å². The molecule has 5 nitrogen and oxygen atoms in total. The second-order valence-electron chi connectivity index (χ2n) is 7.97.